The molecule has 1 unspecified atom stereocenters. The van der Waals surface area contributed by atoms with E-state index >= 15 is 0 Å². The van der Waals surface area contributed by atoms with Crippen molar-refractivity contribution in [2.45, 2.75) is 26.7 Å². The number of benzene rings is 1. The van der Waals surface area contributed by atoms with Gasteiger partial charge in [-0.2, -0.15) is 0 Å². The minimum atomic E-state index is 0.0282. The van der Waals surface area contributed by atoms with Crippen LogP contribution in [0.3, 0.4) is 0 Å². The second kappa shape index (κ2) is 4.72. The standard InChI is InChI=1S/C16H19NO2/c1-11-5-6-13-9-15(19-14(13)8-11)16(18)17-7-3-4-12(2)10-17/h5-6,8-9,12H,3-4,7,10H2,1-2H3. The smallest absolute Gasteiger partial charge is 0.289 e. The van der Waals surface area contributed by atoms with E-state index in [1.54, 1.807) is 0 Å². The fraction of sp³-hybridized carbons (Fsp3) is 0.438. The molecule has 0 aliphatic carbocycles. The highest BCUT2D eigenvalue weighted by Gasteiger charge is 2.24. The molecule has 3 rings (SSSR count). The Morgan fingerprint density at radius 2 is 2.21 bits per heavy atom. The molecule has 0 radical (unpaired) electrons. The molecule has 0 bridgehead atoms. The van der Waals surface area contributed by atoms with E-state index in [4.69, 9.17) is 4.42 Å². The second-order valence-electron chi connectivity index (χ2n) is 5.65. The molecule has 3 heteroatoms. The van der Waals surface area contributed by atoms with E-state index in [0.29, 0.717) is 11.7 Å². The van der Waals surface area contributed by atoms with E-state index in [1.807, 2.05) is 36.1 Å². The lowest BCUT2D eigenvalue weighted by molar-refractivity contribution is 0.0653. The zero-order valence-electron chi connectivity index (χ0n) is 11.5. The van der Waals surface area contributed by atoms with Crippen LogP contribution in [0.5, 0.6) is 0 Å². The van der Waals surface area contributed by atoms with Crippen molar-refractivity contribution in [2.75, 3.05) is 13.1 Å². The summed E-state index contributed by atoms with van der Waals surface area (Å²) in [4.78, 5) is 14.3. The fourth-order valence-corrected chi connectivity index (χ4v) is 2.77. The van der Waals surface area contributed by atoms with Gasteiger partial charge in [-0.15, -0.1) is 0 Å². The number of hydrogen-bond donors (Lipinski definition) is 0. The van der Waals surface area contributed by atoms with Crippen molar-refractivity contribution in [2.24, 2.45) is 5.92 Å². The SMILES string of the molecule is Cc1ccc2cc(C(=O)N3CCCC(C)C3)oc2c1. The summed E-state index contributed by atoms with van der Waals surface area (Å²) in [5.41, 5.74) is 1.95. The van der Waals surface area contributed by atoms with Gasteiger partial charge in [-0.1, -0.05) is 19.1 Å². The highest BCUT2D eigenvalue weighted by molar-refractivity contribution is 5.96. The van der Waals surface area contributed by atoms with Gasteiger partial charge < -0.3 is 9.32 Å². The van der Waals surface area contributed by atoms with Crippen molar-refractivity contribution >= 4 is 16.9 Å². The Hall–Kier alpha value is -1.77. The summed E-state index contributed by atoms with van der Waals surface area (Å²) in [5, 5.41) is 0.999. The molecule has 0 spiro atoms. The third-order valence-corrected chi connectivity index (χ3v) is 3.83. The topological polar surface area (TPSA) is 33.5 Å². The molecule has 1 amide bonds. The molecule has 1 atom stereocenters. The third-order valence-electron chi connectivity index (χ3n) is 3.83. The van der Waals surface area contributed by atoms with Crippen LogP contribution < -0.4 is 0 Å². The molecule has 1 aliphatic rings. The quantitative estimate of drug-likeness (QED) is 0.782. The second-order valence-corrected chi connectivity index (χ2v) is 5.65. The van der Waals surface area contributed by atoms with E-state index < -0.39 is 0 Å². The maximum atomic E-state index is 12.4. The predicted molar refractivity (Wildman–Crippen MR) is 75.3 cm³/mol. The van der Waals surface area contributed by atoms with Gasteiger partial charge in [-0.05, 0) is 43.4 Å². The van der Waals surface area contributed by atoms with Crippen molar-refractivity contribution in [3.05, 3.63) is 35.6 Å². The Kier molecular flexibility index (Phi) is 3.05. The first-order valence-corrected chi connectivity index (χ1v) is 6.93. The summed E-state index contributed by atoms with van der Waals surface area (Å²) < 4.78 is 5.71. The molecular weight excluding hydrogens is 238 g/mol. The summed E-state index contributed by atoms with van der Waals surface area (Å²) in [7, 11) is 0. The molecule has 1 aromatic heterocycles. The van der Waals surface area contributed by atoms with Crippen LogP contribution in [-0.4, -0.2) is 23.9 Å². The molecule has 1 saturated heterocycles. The molecule has 2 aromatic rings. The lowest BCUT2D eigenvalue weighted by atomic mass is 10.0. The van der Waals surface area contributed by atoms with Crippen LogP contribution in [0.1, 0.15) is 35.9 Å². The number of amides is 1. The highest BCUT2D eigenvalue weighted by atomic mass is 16.3. The summed E-state index contributed by atoms with van der Waals surface area (Å²) in [6, 6.07) is 7.88. The number of furan rings is 1. The maximum Gasteiger partial charge on any atom is 0.289 e. The Bertz CT molecular complexity index is 614. The van der Waals surface area contributed by atoms with Crippen LogP contribution in [0, 0.1) is 12.8 Å². The molecule has 19 heavy (non-hydrogen) atoms. The van der Waals surface area contributed by atoms with Crippen LogP contribution >= 0.6 is 0 Å². The Labute approximate surface area is 113 Å². The number of carbonyl (C=O) groups excluding carboxylic acids is 1. The van der Waals surface area contributed by atoms with Crippen LogP contribution in [0.2, 0.25) is 0 Å². The van der Waals surface area contributed by atoms with Crippen molar-refractivity contribution < 1.29 is 9.21 Å². The molecule has 1 aliphatic heterocycles. The molecular formula is C16H19NO2. The number of hydrogen-bond acceptors (Lipinski definition) is 2. The average Bonchev–Trinajstić information content (AvgIpc) is 2.80. The predicted octanol–water partition coefficient (Wildman–Crippen LogP) is 3.61. The normalized spacial score (nSPS) is 19.9. The largest absolute Gasteiger partial charge is 0.451 e. The van der Waals surface area contributed by atoms with Crippen LogP contribution in [0.25, 0.3) is 11.0 Å². The number of aryl methyl sites for hydroxylation is 1. The summed E-state index contributed by atoms with van der Waals surface area (Å²) in [6.07, 6.45) is 2.30. The minimum Gasteiger partial charge on any atom is -0.451 e. The number of fused-ring (bicyclic) bond motifs is 1. The maximum absolute atomic E-state index is 12.4. The summed E-state index contributed by atoms with van der Waals surface area (Å²) in [5.74, 6) is 1.08. The molecule has 100 valence electrons. The number of carbonyl (C=O) groups is 1. The monoisotopic (exact) mass is 257 g/mol. The first-order valence-electron chi connectivity index (χ1n) is 6.93. The molecule has 2 heterocycles. The Morgan fingerprint density at radius 1 is 1.37 bits per heavy atom. The fourth-order valence-electron chi connectivity index (χ4n) is 2.77. The Balaban J connectivity index is 1.88. The van der Waals surface area contributed by atoms with Crippen LogP contribution in [-0.2, 0) is 0 Å². The molecule has 0 saturated carbocycles. The first kappa shape index (κ1) is 12.3. The first-order chi connectivity index (χ1) is 9.13. The van der Waals surface area contributed by atoms with Gasteiger partial charge in [-0.3, -0.25) is 4.79 Å². The minimum absolute atomic E-state index is 0.0282. The number of rotatable bonds is 1. The summed E-state index contributed by atoms with van der Waals surface area (Å²) >= 11 is 0. The Morgan fingerprint density at radius 3 is 3.00 bits per heavy atom. The molecule has 3 nitrogen and oxygen atoms in total. The van der Waals surface area contributed by atoms with Crippen molar-refractivity contribution in [1.29, 1.82) is 0 Å². The number of likely N-dealkylation sites (tertiary alicyclic amines) is 1. The zero-order valence-corrected chi connectivity index (χ0v) is 11.5. The van der Waals surface area contributed by atoms with E-state index in [9.17, 15) is 4.79 Å². The van der Waals surface area contributed by atoms with Gasteiger partial charge in [0, 0.05) is 18.5 Å². The van der Waals surface area contributed by atoms with Gasteiger partial charge in [0.2, 0.25) is 0 Å². The average molecular weight is 257 g/mol. The van der Waals surface area contributed by atoms with Gasteiger partial charge in [0.15, 0.2) is 5.76 Å². The van der Waals surface area contributed by atoms with Crippen molar-refractivity contribution in [1.82, 2.24) is 4.90 Å². The number of piperidine rings is 1. The van der Waals surface area contributed by atoms with Gasteiger partial charge in [0.1, 0.15) is 5.58 Å². The molecule has 1 fully saturated rings. The molecule has 0 N–H and O–H groups in total. The van der Waals surface area contributed by atoms with E-state index in [-0.39, 0.29) is 5.91 Å². The van der Waals surface area contributed by atoms with Crippen molar-refractivity contribution in [3.63, 3.8) is 0 Å². The summed E-state index contributed by atoms with van der Waals surface area (Å²) in [6.45, 7) is 5.91. The highest BCUT2D eigenvalue weighted by Crippen LogP contribution is 2.23. The lowest BCUT2D eigenvalue weighted by Crippen LogP contribution is -2.38. The van der Waals surface area contributed by atoms with Gasteiger partial charge in [0.25, 0.3) is 5.91 Å². The van der Waals surface area contributed by atoms with Crippen LogP contribution in [0.4, 0.5) is 0 Å². The van der Waals surface area contributed by atoms with Gasteiger partial charge in [0.05, 0.1) is 0 Å². The number of nitrogens with zero attached hydrogens (tertiary/aromatic N) is 1. The lowest BCUT2D eigenvalue weighted by Gasteiger charge is -2.30. The molecule has 1 aromatic carbocycles. The van der Waals surface area contributed by atoms with Crippen molar-refractivity contribution in [3.8, 4) is 0 Å². The van der Waals surface area contributed by atoms with Gasteiger partial charge in [-0.25, -0.2) is 0 Å². The third kappa shape index (κ3) is 2.37. The van der Waals surface area contributed by atoms with E-state index in [0.717, 1.165) is 36.0 Å². The van der Waals surface area contributed by atoms with Crippen LogP contribution in [0.15, 0.2) is 28.7 Å². The van der Waals surface area contributed by atoms with Gasteiger partial charge >= 0.3 is 0 Å². The van der Waals surface area contributed by atoms with E-state index in [1.165, 1.54) is 6.42 Å². The zero-order chi connectivity index (χ0) is 13.4. The van der Waals surface area contributed by atoms with E-state index in [2.05, 4.69) is 6.92 Å².